The zero-order valence-electron chi connectivity index (χ0n) is 18.8. The number of rotatable bonds is 8. The van der Waals surface area contributed by atoms with Crippen LogP contribution in [0, 0.1) is 18.7 Å². The monoisotopic (exact) mass is 441 g/mol. The Labute approximate surface area is 190 Å². The lowest BCUT2D eigenvalue weighted by molar-refractivity contribution is -0.138. The maximum Gasteiger partial charge on any atom is 0.241 e. The first kappa shape index (κ1) is 24.4. The highest BCUT2D eigenvalue weighted by molar-refractivity contribution is 5.82. The zero-order chi connectivity index (χ0) is 23.3. The van der Waals surface area contributed by atoms with Gasteiger partial charge in [0.2, 0.25) is 5.91 Å². The number of aliphatic hydroxyl groups excluding tert-OH is 1. The first-order chi connectivity index (χ1) is 15.3. The number of aliphatic hydroxyl groups is 2. The number of nitrogens with two attached hydrogens (primary N) is 1. The Kier molecular flexibility index (Phi) is 8.04. The van der Waals surface area contributed by atoms with E-state index in [1.165, 1.54) is 6.07 Å². The van der Waals surface area contributed by atoms with Crippen LogP contribution in [0.3, 0.4) is 0 Å². The molecule has 0 spiro atoms. The molecule has 0 bridgehead atoms. The molecule has 3 atom stereocenters. The lowest BCUT2D eigenvalue weighted by Gasteiger charge is -2.44. The van der Waals surface area contributed by atoms with Gasteiger partial charge in [-0.05, 0) is 48.4 Å². The van der Waals surface area contributed by atoms with Crippen molar-refractivity contribution in [3.05, 3.63) is 66.3 Å². The normalized spacial score (nSPS) is 19.4. The van der Waals surface area contributed by atoms with Crippen molar-refractivity contribution in [3.8, 4) is 11.1 Å². The minimum atomic E-state index is -1.36. The fourth-order valence-corrected chi connectivity index (χ4v) is 4.83. The van der Waals surface area contributed by atoms with Crippen molar-refractivity contribution in [1.82, 2.24) is 4.90 Å². The second-order valence-electron chi connectivity index (χ2n) is 8.66. The number of hydrogen-bond donors (Lipinski definition) is 3. The molecule has 1 fully saturated rings. The van der Waals surface area contributed by atoms with Crippen LogP contribution in [0.2, 0.25) is 0 Å². The third-order valence-electron chi connectivity index (χ3n) is 6.58. The summed E-state index contributed by atoms with van der Waals surface area (Å²) in [5, 5.41) is 21.4. The number of amides is 1. The van der Waals surface area contributed by atoms with Crippen LogP contribution < -0.4 is 5.73 Å². The third kappa shape index (κ3) is 4.87. The van der Waals surface area contributed by atoms with Gasteiger partial charge in [0.25, 0.3) is 0 Å². The van der Waals surface area contributed by atoms with Gasteiger partial charge in [0, 0.05) is 24.6 Å². The molecule has 2 aromatic carbocycles. The number of carbonyl (C=O) groups is 1. The Morgan fingerprint density at radius 2 is 2.09 bits per heavy atom. The van der Waals surface area contributed by atoms with E-state index in [4.69, 9.17) is 5.73 Å². The van der Waals surface area contributed by atoms with Crippen molar-refractivity contribution < 1.29 is 19.4 Å². The molecule has 32 heavy (non-hydrogen) atoms. The topological polar surface area (TPSA) is 86.8 Å². The third-order valence-corrected chi connectivity index (χ3v) is 6.58. The molecule has 173 valence electrons. The highest BCUT2D eigenvalue weighted by atomic mass is 19.1. The van der Waals surface area contributed by atoms with Gasteiger partial charge in [0.05, 0.1) is 12.2 Å². The standard InChI is InChI=1S/C26H34FN2O3/c1-3-13-26(32,20-10-7-14-29(16-20)25(31)23(28)17-30)21-11-6-12-22(27)24(21)19-9-5-8-18(4-2)15-19/h5-6,8-9,11-12,15,20,23,30,32H,1,3-4,7,10,13-14,16-17,28H2,2H3/t20-,23+,26+/m1/s1. The Morgan fingerprint density at radius 3 is 2.78 bits per heavy atom. The van der Waals surface area contributed by atoms with Crippen LogP contribution in [0.5, 0.6) is 0 Å². The van der Waals surface area contributed by atoms with E-state index in [0.717, 1.165) is 17.5 Å². The average Bonchev–Trinajstić information content (AvgIpc) is 2.83. The van der Waals surface area contributed by atoms with E-state index in [1.54, 1.807) is 17.0 Å². The summed E-state index contributed by atoms with van der Waals surface area (Å²) in [5.41, 5.74) is 7.14. The summed E-state index contributed by atoms with van der Waals surface area (Å²) in [4.78, 5) is 14.2. The summed E-state index contributed by atoms with van der Waals surface area (Å²) in [6.07, 6.45) is 3.02. The van der Waals surface area contributed by atoms with E-state index in [-0.39, 0.29) is 17.6 Å². The van der Waals surface area contributed by atoms with Gasteiger partial charge in [0.15, 0.2) is 0 Å². The van der Waals surface area contributed by atoms with E-state index in [9.17, 15) is 15.0 Å². The molecule has 2 aromatic rings. The van der Waals surface area contributed by atoms with Crippen molar-refractivity contribution in [3.63, 3.8) is 0 Å². The van der Waals surface area contributed by atoms with Gasteiger partial charge in [-0.1, -0.05) is 56.7 Å². The van der Waals surface area contributed by atoms with Crippen LogP contribution in [0.25, 0.3) is 11.1 Å². The average molecular weight is 442 g/mol. The highest BCUT2D eigenvalue weighted by Crippen LogP contribution is 2.44. The summed E-state index contributed by atoms with van der Waals surface area (Å²) in [7, 11) is 0. The highest BCUT2D eigenvalue weighted by Gasteiger charge is 2.43. The number of piperidine rings is 1. The number of carbonyl (C=O) groups excluding carboxylic acids is 1. The summed E-state index contributed by atoms with van der Waals surface area (Å²) in [6.45, 7) is 6.40. The molecule has 3 rings (SSSR count). The van der Waals surface area contributed by atoms with Crippen LogP contribution in [-0.2, 0) is 16.8 Å². The Balaban J connectivity index is 2.06. The Bertz CT molecular complexity index is 935. The molecule has 0 saturated carbocycles. The maximum absolute atomic E-state index is 15.2. The first-order valence-electron chi connectivity index (χ1n) is 11.4. The SMILES string of the molecule is [CH2]CC[C@@](O)(c1cccc(F)c1-c1cccc(CC)c1)[C@@H]1CCCN(C(=O)[C@@H](N)CO)C1. The number of likely N-dealkylation sites (tertiary alicyclic amines) is 1. The van der Waals surface area contributed by atoms with E-state index < -0.39 is 18.2 Å². The van der Waals surface area contributed by atoms with Crippen molar-refractivity contribution in [1.29, 1.82) is 0 Å². The van der Waals surface area contributed by atoms with Crippen LogP contribution in [-0.4, -0.2) is 46.8 Å². The smallest absolute Gasteiger partial charge is 0.241 e. The van der Waals surface area contributed by atoms with Gasteiger partial charge < -0.3 is 20.8 Å². The van der Waals surface area contributed by atoms with E-state index in [1.807, 2.05) is 31.2 Å². The van der Waals surface area contributed by atoms with Gasteiger partial charge >= 0.3 is 0 Å². The lowest BCUT2D eigenvalue weighted by Crippen LogP contribution is -2.53. The molecule has 1 heterocycles. The molecule has 0 aliphatic carbocycles. The minimum Gasteiger partial charge on any atom is -0.394 e. The second-order valence-corrected chi connectivity index (χ2v) is 8.66. The molecule has 4 N–H and O–H groups in total. The number of benzene rings is 2. The molecule has 1 amide bonds. The van der Waals surface area contributed by atoms with Crippen molar-refractivity contribution in [2.75, 3.05) is 19.7 Å². The summed E-state index contributed by atoms with van der Waals surface area (Å²) in [5.74, 6) is -1.02. The molecular formula is C26H34FN2O3. The predicted octanol–water partition coefficient (Wildman–Crippen LogP) is 3.42. The van der Waals surface area contributed by atoms with Gasteiger partial charge in [0.1, 0.15) is 11.9 Å². The summed E-state index contributed by atoms with van der Waals surface area (Å²) < 4.78 is 15.2. The van der Waals surface area contributed by atoms with Crippen LogP contribution >= 0.6 is 0 Å². The van der Waals surface area contributed by atoms with Crippen LogP contribution in [0.15, 0.2) is 42.5 Å². The number of halogens is 1. The van der Waals surface area contributed by atoms with Gasteiger partial charge in [-0.15, -0.1) is 0 Å². The lowest BCUT2D eigenvalue weighted by atomic mass is 9.72. The molecule has 1 aliphatic heterocycles. The number of hydrogen-bond acceptors (Lipinski definition) is 4. The van der Waals surface area contributed by atoms with E-state index in [2.05, 4.69) is 6.92 Å². The number of nitrogens with zero attached hydrogens (tertiary/aromatic N) is 1. The fourth-order valence-electron chi connectivity index (χ4n) is 4.83. The van der Waals surface area contributed by atoms with Crippen molar-refractivity contribution in [2.45, 2.75) is 50.7 Å². The molecule has 5 nitrogen and oxygen atoms in total. The minimum absolute atomic E-state index is 0.300. The molecule has 1 saturated heterocycles. The maximum atomic E-state index is 15.2. The van der Waals surface area contributed by atoms with Gasteiger partial charge in [-0.3, -0.25) is 4.79 Å². The molecule has 1 aliphatic rings. The predicted molar refractivity (Wildman–Crippen MR) is 124 cm³/mol. The van der Waals surface area contributed by atoms with Gasteiger partial charge in [-0.25, -0.2) is 4.39 Å². The van der Waals surface area contributed by atoms with Crippen LogP contribution in [0.4, 0.5) is 4.39 Å². The summed E-state index contributed by atoms with van der Waals surface area (Å²) >= 11 is 0. The van der Waals surface area contributed by atoms with Crippen LogP contribution in [0.1, 0.15) is 43.7 Å². The molecule has 6 heteroatoms. The number of aryl methyl sites for hydroxylation is 1. The van der Waals surface area contributed by atoms with Crippen molar-refractivity contribution in [2.24, 2.45) is 11.7 Å². The van der Waals surface area contributed by atoms with E-state index in [0.29, 0.717) is 49.9 Å². The quantitative estimate of drug-likeness (QED) is 0.586. The molecule has 1 radical (unpaired) electrons. The largest absolute Gasteiger partial charge is 0.394 e. The second kappa shape index (κ2) is 10.6. The summed E-state index contributed by atoms with van der Waals surface area (Å²) in [6, 6.07) is 11.6. The zero-order valence-corrected chi connectivity index (χ0v) is 18.8. The fraction of sp³-hybridized carbons (Fsp3) is 0.462. The Morgan fingerprint density at radius 1 is 1.34 bits per heavy atom. The van der Waals surface area contributed by atoms with E-state index >= 15 is 4.39 Å². The first-order valence-corrected chi connectivity index (χ1v) is 11.4. The molecular weight excluding hydrogens is 407 g/mol. The van der Waals surface area contributed by atoms with Gasteiger partial charge in [-0.2, -0.15) is 0 Å². The van der Waals surface area contributed by atoms with Crippen molar-refractivity contribution >= 4 is 5.91 Å². The molecule has 0 aromatic heterocycles. The molecule has 0 unspecified atom stereocenters. The Hall–Kier alpha value is -2.28.